The van der Waals surface area contributed by atoms with Gasteiger partial charge in [-0.05, 0) is 43.7 Å². The average molecular weight is 312 g/mol. The zero-order chi connectivity index (χ0) is 14.9. The summed E-state index contributed by atoms with van der Waals surface area (Å²) in [5.41, 5.74) is 7.75. The molecule has 0 aliphatic rings. The maximum absolute atomic E-state index is 12.3. The van der Waals surface area contributed by atoms with Crippen LogP contribution in [0.15, 0.2) is 35.4 Å². The summed E-state index contributed by atoms with van der Waals surface area (Å²) in [6.07, 6.45) is 1.59. The number of anilines is 2. The number of nitrogen functional groups attached to an aromatic ring is 1. The Morgan fingerprint density at radius 2 is 2.00 bits per heavy atom. The van der Waals surface area contributed by atoms with Crippen LogP contribution < -0.4 is 10.5 Å². The summed E-state index contributed by atoms with van der Waals surface area (Å²) < 4.78 is 27.1. The van der Waals surface area contributed by atoms with Gasteiger partial charge in [-0.1, -0.05) is 11.6 Å². The molecular weight excluding hydrogens is 298 g/mol. The van der Waals surface area contributed by atoms with Crippen molar-refractivity contribution in [1.29, 1.82) is 0 Å². The molecule has 20 heavy (non-hydrogen) atoms. The molecule has 1 heterocycles. The number of rotatable bonds is 3. The van der Waals surface area contributed by atoms with Gasteiger partial charge in [0.25, 0.3) is 10.0 Å². The van der Waals surface area contributed by atoms with Crippen LogP contribution in [0.3, 0.4) is 0 Å². The van der Waals surface area contributed by atoms with Gasteiger partial charge in [0, 0.05) is 16.9 Å². The number of aryl methyl sites for hydroxylation is 1. The maximum Gasteiger partial charge on any atom is 0.262 e. The second-order valence-corrected chi connectivity index (χ2v) is 6.45. The lowest BCUT2D eigenvalue weighted by Gasteiger charge is -2.12. The first-order valence-electron chi connectivity index (χ1n) is 5.81. The van der Waals surface area contributed by atoms with Crippen molar-refractivity contribution in [2.75, 3.05) is 10.5 Å². The van der Waals surface area contributed by atoms with E-state index in [1.807, 2.05) is 0 Å². The predicted octanol–water partition coefficient (Wildman–Crippen LogP) is 2.73. The molecule has 1 aromatic heterocycles. The van der Waals surface area contributed by atoms with Gasteiger partial charge < -0.3 is 5.73 Å². The highest BCUT2D eigenvalue weighted by Crippen LogP contribution is 2.27. The van der Waals surface area contributed by atoms with Gasteiger partial charge in [0.05, 0.1) is 16.3 Å². The van der Waals surface area contributed by atoms with Crippen molar-refractivity contribution in [3.05, 3.63) is 46.7 Å². The van der Waals surface area contributed by atoms with Crippen LogP contribution in [-0.2, 0) is 10.0 Å². The number of benzene rings is 1. The quantitative estimate of drug-likeness (QED) is 0.853. The van der Waals surface area contributed by atoms with Crippen LogP contribution >= 0.6 is 11.6 Å². The fourth-order valence-electron chi connectivity index (χ4n) is 1.63. The number of hydrogen-bond donors (Lipinski definition) is 2. The summed E-state index contributed by atoms with van der Waals surface area (Å²) in [6.45, 7) is 3.45. The monoisotopic (exact) mass is 311 g/mol. The molecule has 0 bridgehead atoms. The lowest BCUT2D eigenvalue weighted by atomic mass is 10.2. The minimum Gasteiger partial charge on any atom is -0.398 e. The maximum atomic E-state index is 12.3. The highest BCUT2D eigenvalue weighted by Gasteiger charge is 2.18. The Balaban J connectivity index is 2.44. The Bertz CT molecular complexity index is 737. The largest absolute Gasteiger partial charge is 0.398 e. The minimum atomic E-state index is -3.75. The van der Waals surface area contributed by atoms with Gasteiger partial charge in [-0.3, -0.25) is 9.71 Å². The van der Waals surface area contributed by atoms with Crippen molar-refractivity contribution in [2.45, 2.75) is 18.7 Å². The third-order valence-electron chi connectivity index (χ3n) is 2.92. The zero-order valence-electron chi connectivity index (χ0n) is 11.0. The van der Waals surface area contributed by atoms with E-state index in [1.165, 1.54) is 12.1 Å². The van der Waals surface area contributed by atoms with E-state index in [2.05, 4.69) is 9.71 Å². The summed E-state index contributed by atoms with van der Waals surface area (Å²) in [7, 11) is -3.75. The Morgan fingerprint density at radius 1 is 1.30 bits per heavy atom. The molecule has 3 N–H and O–H groups in total. The Hall–Kier alpha value is -1.79. The first kappa shape index (κ1) is 14.6. The summed E-state index contributed by atoms with van der Waals surface area (Å²) >= 11 is 5.97. The molecule has 0 unspecified atom stereocenters. The van der Waals surface area contributed by atoms with Gasteiger partial charge in [0.15, 0.2) is 0 Å². The van der Waals surface area contributed by atoms with Crippen molar-refractivity contribution in [3.63, 3.8) is 0 Å². The summed E-state index contributed by atoms with van der Waals surface area (Å²) in [4.78, 5) is 4.05. The Kier molecular flexibility index (Phi) is 3.87. The van der Waals surface area contributed by atoms with E-state index < -0.39 is 10.0 Å². The van der Waals surface area contributed by atoms with Gasteiger partial charge in [-0.2, -0.15) is 0 Å². The third-order valence-corrected chi connectivity index (χ3v) is 4.66. The van der Waals surface area contributed by atoms with Gasteiger partial charge in [-0.25, -0.2) is 8.42 Å². The summed E-state index contributed by atoms with van der Waals surface area (Å²) in [6, 6.07) is 6.05. The molecule has 7 heteroatoms. The standard InChI is InChI=1S/C13H14ClN3O2S/c1-8-11(14)6-10(7-12(8)15)20(18,19)17-13-4-3-5-16-9(13)2/h3-7,17H,15H2,1-2H3. The molecule has 0 aliphatic carbocycles. The van der Waals surface area contributed by atoms with E-state index in [0.717, 1.165) is 0 Å². The topological polar surface area (TPSA) is 85.1 Å². The molecule has 2 rings (SSSR count). The molecule has 106 valence electrons. The van der Waals surface area contributed by atoms with Crippen LogP contribution in [0.2, 0.25) is 5.02 Å². The second-order valence-electron chi connectivity index (χ2n) is 4.36. The lowest BCUT2D eigenvalue weighted by molar-refractivity contribution is 0.601. The van der Waals surface area contributed by atoms with E-state index in [1.54, 1.807) is 32.2 Å². The van der Waals surface area contributed by atoms with Crippen LogP contribution in [-0.4, -0.2) is 13.4 Å². The van der Waals surface area contributed by atoms with E-state index in [-0.39, 0.29) is 4.90 Å². The van der Waals surface area contributed by atoms with Crippen LogP contribution in [0.1, 0.15) is 11.3 Å². The molecule has 0 amide bonds. The van der Waals surface area contributed by atoms with E-state index in [0.29, 0.717) is 27.7 Å². The Labute approximate surface area is 122 Å². The highest BCUT2D eigenvalue weighted by atomic mass is 35.5. The molecule has 0 fully saturated rings. The number of pyridine rings is 1. The number of sulfonamides is 1. The zero-order valence-corrected chi connectivity index (χ0v) is 12.6. The molecular formula is C13H14ClN3O2S. The van der Waals surface area contributed by atoms with Crippen LogP contribution in [0.5, 0.6) is 0 Å². The highest BCUT2D eigenvalue weighted by molar-refractivity contribution is 7.92. The molecule has 0 aliphatic heterocycles. The normalized spacial score (nSPS) is 11.3. The first-order chi connectivity index (χ1) is 9.31. The number of aromatic nitrogens is 1. The number of nitrogens with one attached hydrogen (secondary N) is 1. The van der Waals surface area contributed by atoms with Crippen molar-refractivity contribution in [2.24, 2.45) is 0 Å². The summed E-state index contributed by atoms with van der Waals surface area (Å²) in [5.74, 6) is 0. The van der Waals surface area contributed by atoms with E-state index in [4.69, 9.17) is 17.3 Å². The smallest absolute Gasteiger partial charge is 0.262 e. The molecule has 0 radical (unpaired) electrons. The van der Waals surface area contributed by atoms with Crippen molar-refractivity contribution in [3.8, 4) is 0 Å². The molecule has 0 atom stereocenters. The SMILES string of the molecule is Cc1ncccc1NS(=O)(=O)c1cc(N)c(C)c(Cl)c1. The molecule has 1 aromatic carbocycles. The van der Waals surface area contributed by atoms with Crippen LogP contribution in [0.25, 0.3) is 0 Å². The fourth-order valence-corrected chi connectivity index (χ4v) is 3.09. The molecule has 0 spiro atoms. The molecule has 0 saturated heterocycles. The Morgan fingerprint density at radius 3 is 2.60 bits per heavy atom. The lowest BCUT2D eigenvalue weighted by Crippen LogP contribution is -2.14. The van der Waals surface area contributed by atoms with E-state index >= 15 is 0 Å². The number of halogens is 1. The second kappa shape index (κ2) is 5.30. The average Bonchev–Trinajstić information content (AvgIpc) is 2.38. The van der Waals surface area contributed by atoms with Crippen molar-refractivity contribution < 1.29 is 8.42 Å². The van der Waals surface area contributed by atoms with Crippen molar-refractivity contribution in [1.82, 2.24) is 4.98 Å². The first-order valence-corrected chi connectivity index (χ1v) is 7.67. The van der Waals surface area contributed by atoms with Gasteiger partial charge in [-0.15, -0.1) is 0 Å². The number of nitrogens with zero attached hydrogens (tertiary/aromatic N) is 1. The number of nitrogens with two attached hydrogens (primary N) is 1. The van der Waals surface area contributed by atoms with Gasteiger partial charge >= 0.3 is 0 Å². The molecule has 5 nitrogen and oxygen atoms in total. The van der Waals surface area contributed by atoms with Gasteiger partial charge in [0.2, 0.25) is 0 Å². The number of hydrogen-bond acceptors (Lipinski definition) is 4. The van der Waals surface area contributed by atoms with Gasteiger partial charge in [0.1, 0.15) is 0 Å². The van der Waals surface area contributed by atoms with Crippen molar-refractivity contribution >= 4 is 33.0 Å². The van der Waals surface area contributed by atoms with Crippen LogP contribution in [0.4, 0.5) is 11.4 Å². The third kappa shape index (κ3) is 2.86. The van der Waals surface area contributed by atoms with E-state index in [9.17, 15) is 8.42 Å². The summed E-state index contributed by atoms with van der Waals surface area (Å²) in [5, 5.41) is 0.313. The molecule has 2 aromatic rings. The fraction of sp³-hybridized carbons (Fsp3) is 0.154. The molecule has 0 saturated carbocycles. The minimum absolute atomic E-state index is 0.0221. The van der Waals surface area contributed by atoms with Crippen LogP contribution in [0, 0.1) is 13.8 Å². The predicted molar refractivity (Wildman–Crippen MR) is 80.4 cm³/mol.